The number of benzene rings is 4. The first-order valence-electron chi connectivity index (χ1n) is 9.14. The molecule has 0 nitrogen and oxygen atoms in total. The van der Waals surface area contributed by atoms with Gasteiger partial charge in [-0.05, 0) is 46.2 Å². The van der Waals surface area contributed by atoms with Gasteiger partial charge in [0.05, 0.1) is 0 Å². The van der Waals surface area contributed by atoms with Gasteiger partial charge in [-0.3, -0.25) is 0 Å². The van der Waals surface area contributed by atoms with E-state index in [4.69, 9.17) is 0 Å². The van der Waals surface area contributed by atoms with E-state index in [-0.39, 0.29) is 0 Å². The molecule has 0 unspecified atom stereocenters. The predicted octanol–water partition coefficient (Wildman–Crippen LogP) is 6.54. The molecule has 0 fully saturated rings. The van der Waals surface area contributed by atoms with Gasteiger partial charge in [0.25, 0.3) is 0 Å². The quantitative estimate of drug-likeness (QED) is 0.389. The van der Waals surface area contributed by atoms with Gasteiger partial charge in [0.15, 0.2) is 0 Å². The standard InChI is InChI=1S/C26H22/c1-3-11-21(12-4-1)19-23-15-7-9-17-25(23)26-18-10-8-16-24(26)20-22-13-5-2-6-14-22/h1-18H,19-20H2. The molecule has 0 spiro atoms. The summed E-state index contributed by atoms with van der Waals surface area (Å²) in [6, 6.07) is 39.0. The van der Waals surface area contributed by atoms with Crippen LogP contribution in [0, 0.1) is 0 Å². The molecule has 0 amide bonds. The van der Waals surface area contributed by atoms with Gasteiger partial charge in [0, 0.05) is 0 Å². The predicted molar refractivity (Wildman–Crippen MR) is 110 cm³/mol. The topological polar surface area (TPSA) is 0 Å². The molecule has 0 N–H and O–H groups in total. The second-order valence-corrected chi connectivity index (χ2v) is 6.64. The zero-order valence-corrected chi connectivity index (χ0v) is 14.8. The fraction of sp³-hybridized carbons (Fsp3) is 0.0769. The van der Waals surface area contributed by atoms with Crippen molar-refractivity contribution in [1.29, 1.82) is 0 Å². The van der Waals surface area contributed by atoms with Gasteiger partial charge in [-0.2, -0.15) is 0 Å². The maximum atomic E-state index is 2.25. The second kappa shape index (κ2) is 7.84. The average Bonchev–Trinajstić information content (AvgIpc) is 2.71. The summed E-state index contributed by atoms with van der Waals surface area (Å²) in [5.74, 6) is 0. The van der Waals surface area contributed by atoms with Crippen molar-refractivity contribution in [2.75, 3.05) is 0 Å². The summed E-state index contributed by atoms with van der Waals surface area (Å²) in [7, 11) is 0. The smallest absolute Gasteiger partial charge is 0.00196 e. The van der Waals surface area contributed by atoms with Crippen molar-refractivity contribution in [3.8, 4) is 11.1 Å². The molecule has 4 rings (SSSR count). The van der Waals surface area contributed by atoms with Gasteiger partial charge in [-0.25, -0.2) is 0 Å². The molecule has 4 aromatic carbocycles. The Bertz CT molecular complexity index is 886. The van der Waals surface area contributed by atoms with Gasteiger partial charge in [-0.1, -0.05) is 109 Å². The van der Waals surface area contributed by atoms with Crippen molar-refractivity contribution >= 4 is 0 Å². The molecule has 0 saturated heterocycles. The third-order valence-electron chi connectivity index (χ3n) is 4.80. The molecule has 126 valence electrons. The molecule has 4 aromatic rings. The SMILES string of the molecule is c1ccc(Cc2ccccc2-c2ccccc2Cc2ccccc2)cc1. The molecule has 0 aliphatic heterocycles. The largest absolute Gasteiger partial charge is 0.0622 e. The Morgan fingerprint density at radius 2 is 0.692 bits per heavy atom. The van der Waals surface area contributed by atoms with E-state index < -0.39 is 0 Å². The van der Waals surface area contributed by atoms with Crippen LogP contribution in [0.3, 0.4) is 0 Å². The average molecular weight is 334 g/mol. The molecule has 0 aliphatic rings. The van der Waals surface area contributed by atoms with E-state index in [2.05, 4.69) is 109 Å². The summed E-state index contributed by atoms with van der Waals surface area (Å²) in [6.45, 7) is 0. The fourth-order valence-corrected chi connectivity index (χ4v) is 3.51. The fourth-order valence-electron chi connectivity index (χ4n) is 3.51. The van der Waals surface area contributed by atoms with Gasteiger partial charge in [0.2, 0.25) is 0 Å². The highest BCUT2D eigenvalue weighted by molar-refractivity contribution is 5.71. The Hall–Kier alpha value is -3.12. The van der Waals surface area contributed by atoms with Crippen molar-refractivity contribution in [2.45, 2.75) is 12.8 Å². The molecule has 0 heteroatoms. The molecular formula is C26H22. The molecule has 0 aliphatic carbocycles. The summed E-state index contributed by atoms with van der Waals surface area (Å²) < 4.78 is 0. The minimum Gasteiger partial charge on any atom is -0.0622 e. The first kappa shape index (κ1) is 16.4. The Balaban J connectivity index is 1.72. The van der Waals surface area contributed by atoms with Gasteiger partial charge >= 0.3 is 0 Å². The Morgan fingerprint density at radius 1 is 0.346 bits per heavy atom. The van der Waals surface area contributed by atoms with Gasteiger partial charge in [-0.15, -0.1) is 0 Å². The highest BCUT2D eigenvalue weighted by atomic mass is 14.1. The lowest BCUT2D eigenvalue weighted by Gasteiger charge is -2.14. The Morgan fingerprint density at radius 3 is 1.12 bits per heavy atom. The molecular weight excluding hydrogens is 312 g/mol. The summed E-state index contributed by atoms with van der Waals surface area (Å²) >= 11 is 0. The second-order valence-electron chi connectivity index (χ2n) is 6.64. The van der Waals surface area contributed by atoms with Crippen molar-refractivity contribution in [3.63, 3.8) is 0 Å². The minimum atomic E-state index is 0.955. The molecule has 0 saturated carbocycles. The maximum Gasteiger partial charge on any atom is -0.00196 e. The Kier molecular flexibility index (Phi) is 4.93. The van der Waals surface area contributed by atoms with E-state index in [9.17, 15) is 0 Å². The van der Waals surface area contributed by atoms with E-state index in [1.165, 1.54) is 33.4 Å². The van der Waals surface area contributed by atoms with Crippen LogP contribution >= 0.6 is 0 Å². The molecule has 0 bridgehead atoms. The van der Waals surface area contributed by atoms with Crippen LogP contribution in [-0.4, -0.2) is 0 Å². The van der Waals surface area contributed by atoms with E-state index >= 15 is 0 Å². The van der Waals surface area contributed by atoms with E-state index in [1.54, 1.807) is 0 Å². The summed E-state index contributed by atoms with van der Waals surface area (Å²) in [4.78, 5) is 0. The van der Waals surface area contributed by atoms with Crippen LogP contribution in [0.2, 0.25) is 0 Å². The zero-order valence-electron chi connectivity index (χ0n) is 14.8. The van der Waals surface area contributed by atoms with E-state index in [1.807, 2.05) is 0 Å². The molecule has 0 aromatic heterocycles. The third kappa shape index (κ3) is 3.75. The summed E-state index contributed by atoms with van der Waals surface area (Å²) in [6.07, 6.45) is 1.91. The summed E-state index contributed by atoms with van der Waals surface area (Å²) in [5.41, 5.74) is 8.12. The van der Waals surface area contributed by atoms with Crippen molar-refractivity contribution in [2.24, 2.45) is 0 Å². The first-order valence-corrected chi connectivity index (χ1v) is 9.14. The van der Waals surface area contributed by atoms with Crippen molar-refractivity contribution < 1.29 is 0 Å². The highest BCUT2D eigenvalue weighted by Crippen LogP contribution is 2.30. The minimum absolute atomic E-state index is 0.955. The van der Waals surface area contributed by atoms with Crippen LogP contribution < -0.4 is 0 Å². The number of hydrogen-bond donors (Lipinski definition) is 0. The lowest BCUT2D eigenvalue weighted by Crippen LogP contribution is -1.96. The summed E-state index contributed by atoms with van der Waals surface area (Å²) in [5, 5.41) is 0. The van der Waals surface area contributed by atoms with Crippen molar-refractivity contribution in [1.82, 2.24) is 0 Å². The van der Waals surface area contributed by atoms with Crippen LogP contribution in [0.25, 0.3) is 11.1 Å². The Labute approximate surface area is 155 Å². The monoisotopic (exact) mass is 334 g/mol. The van der Waals surface area contributed by atoms with Crippen LogP contribution in [-0.2, 0) is 12.8 Å². The highest BCUT2D eigenvalue weighted by Gasteiger charge is 2.10. The number of rotatable bonds is 5. The van der Waals surface area contributed by atoms with E-state index in [0.29, 0.717) is 0 Å². The van der Waals surface area contributed by atoms with Crippen LogP contribution in [0.5, 0.6) is 0 Å². The van der Waals surface area contributed by atoms with E-state index in [0.717, 1.165) is 12.8 Å². The number of hydrogen-bond acceptors (Lipinski definition) is 0. The first-order chi connectivity index (χ1) is 12.9. The van der Waals surface area contributed by atoms with Gasteiger partial charge in [0.1, 0.15) is 0 Å². The molecule has 0 heterocycles. The van der Waals surface area contributed by atoms with Gasteiger partial charge < -0.3 is 0 Å². The lowest BCUT2D eigenvalue weighted by atomic mass is 9.90. The lowest BCUT2D eigenvalue weighted by molar-refractivity contribution is 1.17. The normalized spacial score (nSPS) is 10.6. The molecule has 26 heavy (non-hydrogen) atoms. The molecule has 0 atom stereocenters. The third-order valence-corrected chi connectivity index (χ3v) is 4.80. The van der Waals surface area contributed by atoms with Crippen molar-refractivity contribution in [3.05, 3.63) is 131 Å². The zero-order chi connectivity index (χ0) is 17.6. The van der Waals surface area contributed by atoms with Crippen LogP contribution in [0.1, 0.15) is 22.3 Å². The van der Waals surface area contributed by atoms with Crippen LogP contribution in [0.15, 0.2) is 109 Å². The van der Waals surface area contributed by atoms with Crippen LogP contribution in [0.4, 0.5) is 0 Å². The molecule has 0 radical (unpaired) electrons. The maximum absolute atomic E-state index is 2.25.